The molecule has 0 aromatic heterocycles. The Kier molecular flexibility index (Phi) is 7.42. The Hall–Kier alpha value is -0.700. The summed E-state index contributed by atoms with van der Waals surface area (Å²) in [6.45, 7) is 3.99. The number of carboxylic acids is 1. The van der Waals surface area contributed by atoms with Crippen molar-refractivity contribution in [2.75, 3.05) is 45.7 Å². The maximum absolute atomic E-state index is 11.1. The standard InChI is InChI=1S/C12H23NO6S/c1-20(16,17)19-8-4-11(12(14)15)3-2-5-13-6-9-18-10-7-13/h11H,2-10H2,1H3,(H,14,15)/t11-/m1/s1. The SMILES string of the molecule is CS(=O)(=O)OCC[C@@H](CCCN1CCOCC1)C(=O)O. The van der Waals surface area contributed by atoms with Crippen LogP contribution < -0.4 is 0 Å². The number of carboxylic acid groups (broad SMARTS) is 1. The third-order valence-electron chi connectivity index (χ3n) is 3.24. The van der Waals surface area contributed by atoms with Gasteiger partial charge in [-0.2, -0.15) is 8.42 Å². The second kappa shape index (κ2) is 8.56. The zero-order valence-corrected chi connectivity index (χ0v) is 12.6. The molecular weight excluding hydrogens is 286 g/mol. The van der Waals surface area contributed by atoms with Gasteiger partial charge < -0.3 is 9.84 Å². The molecule has 0 aromatic rings. The van der Waals surface area contributed by atoms with Crippen LogP contribution in [0.2, 0.25) is 0 Å². The van der Waals surface area contributed by atoms with Crippen LogP contribution in [0.1, 0.15) is 19.3 Å². The molecule has 0 saturated carbocycles. The molecule has 1 saturated heterocycles. The molecule has 7 nitrogen and oxygen atoms in total. The number of aliphatic carboxylic acids is 1. The number of carbonyl (C=O) groups is 1. The highest BCUT2D eigenvalue weighted by atomic mass is 32.2. The molecule has 0 unspecified atom stereocenters. The van der Waals surface area contributed by atoms with Crippen LogP contribution in [0.3, 0.4) is 0 Å². The number of nitrogens with zero attached hydrogens (tertiary/aromatic N) is 1. The lowest BCUT2D eigenvalue weighted by molar-refractivity contribution is -0.142. The highest BCUT2D eigenvalue weighted by Crippen LogP contribution is 2.13. The third kappa shape index (κ3) is 7.78. The summed E-state index contributed by atoms with van der Waals surface area (Å²) in [4.78, 5) is 13.3. The summed E-state index contributed by atoms with van der Waals surface area (Å²) in [5.41, 5.74) is 0. The number of rotatable bonds is 9. The van der Waals surface area contributed by atoms with Crippen LogP contribution in [0.15, 0.2) is 0 Å². The van der Waals surface area contributed by atoms with Crippen molar-refractivity contribution in [2.45, 2.75) is 19.3 Å². The second-order valence-corrected chi connectivity index (χ2v) is 6.59. The quantitative estimate of drug-likeness (QED) is 0.607. The van der Waals surface area contributed by atoms with E-state index in [1.54, 1.807) is 0 Å². The molecule has 118 valence electrons. The van der Waals surface area contributed by atoms with Crippen LogP contribution in [0, 0.1) is 5.92 Å². The van der Waals surface area contributed by atoms with Crippen LogP contribution >= 0.6 is 0 Å². The molecule has 0 radical (unpaired) electrons. The lowest BCUT2D eigenvalue weighted by atomic mass is 10.00. The summed E-state index contributed by atoms with van der Waals surface area (Å²) in [6.07, 6.45) is 2.47. The van der Waals surface area contributed by atoms with Crippen LogP contribution in [0.5, 0.6) is 0 Å². The lowest BCUT2D eigenvalue weighted by Crippen LogP contribution is -2.37. The fourth-order valence-electron chi connectivity index (χ4n) is 2.12. The van der Waals surface area contributed by atoms with Crippen LogP contribution in [0.4, 0.5) is 0 Å². The fraction of sp³-hybridized carbons (Fsp3) is 0.917. The second-order valence-electron chi connectivity index (χ2n) is 4.95. The largest absolute Gasteiger partial charge is 0.481 e. The predicted molar refractivity (Wildman–Crippen MR) is 73.0 cm³/mol. The van der Waals surface area contributed by atoms with Gasteiger partial charge in [-0.15, -0.1) is 0 Å². The first-order chi connectivity index (χ1) is 9.38. The molecule has 1 N–H and O–H groups in total. The molecule has 1 aliphatic heterocycles. The van der Waals surface area contributed by atoms with Crippen molar-refractivity contribution in [3.05, 3.63) is 0 Å². The molecule has 1 fully saturated rings. The first-order valence-electron chi connectivity index (χ1n) is 6.76. The minimum Gasteiger partial charge on any atom is -0.481 e. The van der Waals surface area contributed by atoms with E-state index in [1.807, 2.05) is 0 Å². The Morgan fingerprint density at radius 2 is 2.00 bits per heavy atom. The minimum atomic E-state index is -3.50. The van der Waals surface area contributed by atoms with Crippen molar-refractivity contribution in [3.63, 3.8) is 0 Å². The van der Waals surface area contributed by atoms with E-state index in [9.17, 15) is 13.2 Å². The normalized spacial score (nSPS) is 18.9. The fourth-order valence-corrected chi connectivity index (χ4v) is 2.52. The van der Waals surface area contributed by atoms with Gasteiger partial charge in [-0.25, -0.2) is 0 Å². The van der Waals surface area contributed by atoms with Gasteiger partial charge in [-0.3, -0.25) is 13.9 Å². The summed E-state index contributed by atoms with van der Waals surface area (Å²) in [5.74, 6) is -1.46. The maximum Gasteiger partial charge on any atom is 0.306 e. The van der Waals surface area contributed by atoms with E-state index in [4.69, 9.17) is 9.84 Å². The smallest absolute Gasteiger partial charge is 0.306 e. The van der Waals surface area contributed by atoms with Crippen molar-refractivity contribution >= 4 is 16.1 Å². The molecule has 1 heterocycles. The number of ether oxygens (including phenoxy) is 1. The van der Waals surface area contributed by atoms with Gasteiger partial charge in [0.25, 0.3) is 10.1 Å². The first-order valence-corrected chi connectivity index (χ1v) is 8.57. The summed E-state index contributed by atoms with van der Waals surface area (Å²) >= 11 is 0. The average molecular weight is 309 g/mol. The van der Waals surface area contributed by atoms with Crippen LogP contribution in [0.25, 0.3) is 0 Å². The number of hydrogen-bond donors (Lipinski definition) is 1. The summed E-state index contributed by atoms with van der Waals surface area (Å²) in [7, 11) is -3.50. The van der Waals surface area contributed by atoms with Crippen molar-refractivity contribution in [1.29, 1.82) is 0 Å². The Balaban J connectivity index is 2.22. The lowest BCUT2D eigenvalue weighted by Gasteiger charge is -2.26. The zero-order chi connectivity index (χ0) is 15.0. The maximum atomic E-state index is 11.1. The molecule has 1 aliphatic rings. The van der Waals surface area contributed by atoms with Gasteiger partial charge in [0.2, 0.25) is 0 Å². The molecule has 8 heteroatoms. The average Bonchev–Trinajstić information content (AvgIpc) is 2.36. The van der Waals surface area contributed by atoms with E-state index in [1.165, 1.54) is 0 Å². The molecule has 0 bridgehead atoms. The summed E-state index contributed by atoms with van der Waals surface area (Å²) in [5, 5.41) is 9.10. The van der Waals surface area contributed by atoms with E-state index in [0.29, 0.717) is 6.42 Å². The van der Waals surface area contributed by atoms with E-state index < -0.39 is 22.0 Å². The minimum absolute atomic E-state index is 0.0760. The van der Waals surface area contributed by atoms with Gasteiger partial charge >= 0.3 is 5.97 Å². The van der Waals surface area contributed by atoms with Gasteiger partial charge in [0.05, 0.1) is 32.0 Å². The molecule has 0 aliphatic carbocycles. The van der Waals surface area contributed by atoms with Crippen molar-refractivity contribution in [1.82, 2.24) is 4.90 Å². The summed E-state index contributed by atoms with van der Waals surface area (Å²) in [6, 6.07) is 0. The molecule has 0 aromatic carbocycles. The highest BCUT2D eigenvalue weighted by Gasteiger charge is 2.19. The molecule has 0 amide bonds. The Labute approximate surface area is 120 Å². The van der Waals surface area contributed by atoms with Gasteiger partial charge in [0.15, 0.2) is 0 Å². The van der Waals surface area contributed by atoms with E-state index >= 15 is 0 Å². The topological polar surface area (TPSA) is 93.1 Å². The summed E-state index contributed by atoms with van der Waals surface area (Å²) < 4.78 is 31.5. The Bertz CT molecular complexity index is 391. The Morgan fingerprint density at radius 3 is 2.55 bits per heavy atom. The molecular formula is C12H23NO6S. The van der Waals surface area contributed by atoms with E-state index in [-0.39, 0.29) is 13.0 Å². The molecule has 1 atom stereocenters. The third-order valence-corrected chi connectivity index (χ3v) is 3.84. The molecule has 1 rings (SSSR count). The molecule has 0 spiro atoms. The van der Waals surface area contributed by atoms with Crippen LogP contribution in [-0.2, 0) is 23.8 Å². The highest BCUT2D eigenvalue weighted by molar-refractivity contribution is 7.85. The monoisotopic (exact) mass is 309 g/mol. The number of hydrogen-bond acceptors (Lipinski definition) is 6. The van der Waals surface area contributed by atoms with Gasteiger partial charge in [0, 0.05) is 13.1 Å². The first kappa shape index (κ1) is 17.4. The van der Waals surface area contributed by atoms with Gasteiger partial charge in [-0.05, 0) is 25.8 Å². The van der Waals surface area contributed by atoms with Crippen molar-refractivity contribution < 1.29 is 27.2 Å². The van der Waals surface area contributed by atoms with Gasteiger partial charge in [-0.1, -0.05) is 0 Å². The van der Waals surface area contributed by atoms with Gasteiger partial charge in [0.1, 0.15) is 0 Å². The number of morpholine rings is 1. The predicted octanol–water partition coefficient (Wildman–Crippen LogP) is 0.166. The molecule has 20 heavy (non-hydrogen) atoms. The van der Waals surface area contributed by atoms with E-state index in [0.717, 1.165) is 45.5 Å². The zero-order valence-electron chi connectivity index (χ0n) is 11.8. The van der Waals surface area contributed by atoms with Crippen molar-refractivity contribution in [3.8, 4) is 0 Å². The Morgan fingerprint density at radius 1 is 1.35 bits per heavy atom. The van der Waals surface area contributed by atoms with Crippen molar-refractivity contribution in [2.24, 2.45) is 5.92 Å². The van der Waals surface area contributed by atoms with Crippen LogP contribution in [-0.4, -0.2) is 70.1 Å². The van der Waals surface area contributed by atoms with E-state index in [2.05, 4.69) is 9.08 Å².